The number of aliphatic hydroxyl groups excluding tert-OH is 2. The number of carbonyl (C=O) groups is 5. The van der Waals surface area contributed by atoms with E-state index in [0.29, 0.717) is 0 Å². The zero-order valence-corrected chi connectivity index (χ0v) is 28.9. The summed E-state index contributed by atoms with van der Waals surface area (Å²) in [7, 11) is 0. The predicted octanol–water partition coefficient (Wildman–Crippen LogP) is 3.52. The van der Waals surface area contributed by atoms with Crippen LogP contribution in [0.3, 0.4) is 0 Å². The third kappa shape index (κ3) is 7.72. The smallest absolute Gasteiger partial charge is 0.338 e. The van der Waals surface area contributed by atoms with Gasteiger partial charge in [0.25, 0.3) is 0 Å². The number of allylic oxidation sites excluding steroid dienone is 1. The number of carbonyl (C=O) groups excluding carboxylic acids is 5. The first-order valence-electron chi connectivity index (χ1n) is 16.2. The van der Waals surface area contributed by atoms with E-state index in [1.165, 1.54) is 50.3 Å². The van der Waals surface area contributed by atoms with Crippen molar-refractivity contribution >= 4 is 29.7 Å². The quantitative estimate of drug-likeness (QED) is 0.228. The third-order valence-corrected chi connectivity index (χ3v) is 9.36. The summed E-state index contributed by atoms with van der Waals surface area (Å²) < 4.78 is 23.0. The van der Waals surface area contributed by atoms with Gasteiger partial charge in [0.1, 0.15) is 35.6 Å². The summed E-state index contributed by atoms with van der Waals surface area (Å²) in [5, 5.41) is 36.4. The standard InChI is InChI=1S/C38H44O12/c1-21-18-19-36(5,6)33(47-23(3)39)28(41)30(49-35(45)26-16-12-9-13-17-26)22(2)29(48-34(44)25-14-10-8-11-15-25)27-32(43)37(7,50-24(4)40)20-38(27,46)31(21)42/h8-19,21,27-30,32-33,41,43,46H,2,20H2,1,3-7H3/b19-18+/t21-,27-,28+,29-,30-,32+,33+,37+,38+/m0/s1. The van der Waals surface area contributed by atoms with Gasteiger partial charge in [0.05, 0.1) is 17.0 Å². The van der Waals surface area contributed by atoms with Crippen LogP contribution in [-0.2, 0) is 33.3 Å². The minimum Gasteiger partial charge on any atom is -0.459 e. The molecule has 0 saturated heterocycles. The van der Waals surface area contributed by atoms with E-state index in [4.69, 9.17) is 18.9 Å². The number of ether oxygens (including phenoxy) is 4. The molecule has 268 valence electrons. The lowest BCUT2D eigenvalue weighted by Gasteiger charge is -2.42. The van der Waals surface area contributed by atoms with Gasteiger partial charge in [0.15, 0.2) is 11.9 Å². The Morgan fingerprint density at radius 2 is 1.30 bits per heavy atom. The Morgan fingerprint density at radius 1 is 0.800 bits per heavy atom. The summed E-state index contributed by atoms with van der Waals surface area (Å²) in [4.78, 5) is 66.3. The van der Waals surface area contributed by atoms with Crippen LogP contribution in [0.15, 0.2) is 85.0 Å². The van der Waals surface area contributed by atoms with Gasteiger partial charge < -0.3 is 34.3 Å². The normalized spacial score (nSPS) is 33.1. The molecule has 2 aromatic carbocycles. The summed E-state index contributed by atoms with van der Waals surface area (Å²) in [5.41, 5.74) is -5.89. The molecule has 4 rings (SSSR count). The van der Waals surface area contributed by atoms with Crippen LogP contribution in [0.5, 0.6) is 0 Å². The van der Waals surface area contributed by atoms with Gasteiger partial charge in [-0.15, -0.1) is 0 Å². The van der Waals surface area contributed by atoms with Gasteiger partial charge in [-0.05, 0) is 31.2 Å². The number of ketones is 1. The van der Waals surface area contributed by atoms with Gasteiger partial charge in [-0.3, -0.25) is 14.4 Å². The van der Waals surface area contributed by atoms with Gasteiger partial charge in [0.2, 0.25) is 0 Å². The number of fused-ring (bicyclic) bond motifs is 1. The van der Waals surface area contributed by atoms with E-state index in [9.17, 15) is 39.3 Å². The van der Waals surface area contributed by atoms with Crippen molar-refractivity contribution in [2.24, 2.45) is 17.3 Å². The average molecular weight is 693 g/mol. The molecule has 0 unspecified atom stereocenters. The highest BCUT2D eigenvalue weighted by atomic mass is 16.6. The lowest BCUT2D eigenvalue weighted by Crippen LogP contribution is -2.57. The number of Topliss-reactive ketones (excluding diaryl/α,β-unsaturated/α-hetero) is 1. The summed E-state index contributed by atoms with van der Waals surface area (Å²) in [6.45, 7) is 12.3. The SMILES string of the molecule is C=C1[C@H](OC(=O)c2ccccc2)[C@@H](O)[C@@H](OC(C)=O)C(C)(C)/C=C/[C@H](C)C(=O)[C@@]2(O)C[C@@](C)(OC(C)=O)[C@H](O)[C@@H]2[C@H]1OC(=O)c1ccccc1. The molecule has 1 fully saturated rings. The maximum absolute atomic E-state index is 14.3. The molecule has 2 aliphatic rings. The molecule has 12 heteroatoms. The fourth-order valence-electron chi connectivity index (χ4n) is 6.88. The summed E-state index contributed by atoms with van der Waals surface area (Å²) >= 11 is 0. The van der Waals surface area contributed by atoms with E-state index in [2.05, 4.69) is 6.58 Å². The van der Waals surface area contributed by atoms with Crippen LogP contribution in [0.2, 0.25) is 0 Å². The zero-order valence-electron chi connectivity index (χ0n) is 28.9. The molecule has 0 bridgehead atoms. The molecule has 3 N–H and O–H groups in total. The van der Waals surface area contributed by atoms with Crippen molar-refractivity contribution in [3.05, 3.63) is 96.1 Å². The number of rotatable bonds is 6. The molecule has 2 aliphatic carbocycles. The van der Waals surface area contributed by atoms with E-state index in [1.54, 1.807) is 50.2 Å². The van der Waals surface area contributed by atoms with Crippen molar-refractivity contribution < 1.29 is 58.2 Å². The highest BCUT2D eigenvalue weighted by Crippen LogP contribution is 2.51. The van der Waals surface area contributed by atoms with Crippen molar-refractivity contribution in [1.29, 1.82) is 0 Å². The molecule has 12 nitrogen and oxygen atoms in total. The Balaban J connectivity index is 2.01. The molecule has 0 heterocycles. The maximum atomic E-state index is 14.3. The van der Waals surface area contributed by atoms with E-state index >= 15 is 0 Å². The largest absolute Gasteiger partial charge is 0.459 e. The molecule has 0 amide bonds. The Bertz CT molecular complexity index is 1650. The van der Waals surface area contributed by atoms with Crippen LogP contribution in [0, 0.1) is 17.3 Å². The lowest BCUT2D eigenvalue weighted by atomic mass is 9.72. The molecule has 1 saturated carbocycles. The number of hydrogen-bond donors (Lipinski definition) is 3. The summed E-state index contributed by atoms with van der Waals surface area (Å²) in [6.07, 6.45) is -6.53. The molecule has 0 spiro atoms. The monoisotopic (exact) mass is 692 g/mol. The van der Waals surface area contributed by atoms with E-state index in [1.807, 2.05) is 0 Å². The summed E-state index contributed by atoms with van der Waals surface area (Å²) in [5.74, 6) is -7.17. The second-order valence-electron chi connectivity index (χ2n) is 13.8. The Morgan fingerprint density at radius 3 is 1.78 bits per heavy atom. The first kappa shape index (κ1) is 38.2. The van der Waals surface area contributed by atoms with Gasteiger partial charge in [-0.1, -0.05) is 75.9 Å². The first-order chi connectivity index (χ1) is 23.3. The minimum atomic E-state index is -2.53. The summed E-state index contributed by atoms with van der Waals surface area (Å²) in [6, 6.07) is 15.5. The van der Waals surface area contributed by atoms with Crippen molar-refractivity contribution in [2.75, 3.05) is 0 Å². The lowest BCUT2D eigenvalue weighted by molar-refractivity contribution is -0.170. The molecular formula is C38H44O12. The topological polar surface area (TPSA) is 183 Å². The molecule has 50 heavy (non-hydrogen) atoms. The van der Waals surface area contributed by atoms with Crippen molar-refractivity contribution in [1.82, 2.24) is 0 Å². The van der Waals surface area contributed by atoms with Crippen molar-refractivity contribution in [2.45, 2.75) is 89.7 Å². The predicted molar refractivity (Wildman–Crippen MR) is 178 cm³/mol. The Labute approximate surface area is 290 Å². The molecular weight excluding hydrogens is 648 g/mol. The second kappa shape index (κ2) is 14.7. The van der Waals surface area contributed by atoms with Crippen molar-refractivity contribution in [3.63, 3.8) is 0 Å². The number of benzene rings is 2. The molecule has 0 radical (unpaired) electrons. The fourth-order valence-corrected chi connectivity index (χ4v) is 6.88. The number of aliphatic hydroxyl groups is 3. The van der Waals surface area contributed by atoms with Crippen LogP contribution in [0.4, 0.5) is 0 Å². The highest BCUT2D eigenvalue weighted by Gasteiger charge is 2.67. The van der Waals surface area contributed by atoms with E-state index in [0.717, 1.165) is 13.8 Å². The minimum absolute atomic E-state index is 0.0464. The molecule has 0 aliphatic heterocycles. The number of esters is 4. The Kier molecular flexibility index (Phi) is 11.2. The van der Waals surface area contributed by atoms with Crippen LogP contribution < -0.4 is 0 Å². The Hall–Kier alpha value is -4.65. The molecule has 9 atom stereocenters. The van der Waals surface area contributed by atoms with Gasteiger partial charge in [-0.2, -0.15) is 0 Å². The zero-order chi connectivity index (χ0) is 37.2. The van der Waals surface area contributed by atoms with Crippen LogP contribution in [-0.4, -0.2) is 86.7 Å². The van der Waals surface area contributed by atoms with Gasteiger partial charge >= 0.3 is 23.9 Å². The van der Waals surface area contributed by atoms with Crippen LogP contribution in [0.25, 0.3) is 0 Å². The van der Waals surface area contributed by atoms with Gasteiger partial charge in [0, 0.05) is 37.2 Å². The van der Waals surface area contributed by atoms with E-state index in [-0.39, 0.29) is 16.7 Å². The second-order valence-corrected chi connectivity index (χ2v) is 13.8. The highest BCUT2D eigenvalue weighted by molar-refractivity contribution is 5.93. The molecule has 0 aromatic heterocycles. The van der Waals surface area contributed by atoms with Crippen LogP contribution in [0.1, 0.15) is 68.7 Å². The van der Waals surface area contributed by atoms with Crippen molar-refractivity contribution in [3.8, 4) is 0 Å². The average Bonchev–Trinajstić information content (AvgIpc) is 3.26. The first-order valence-corrected chi connectivity index (χ1v) is 16.2. The maximum Gasteiger partial charge on any atom is 0.338 e. The molecule has 2 aromatic rings. The van der Waals surface area contributed by atoms with Gasteiger partial charge in [-0.25, -0.2) is 9.59 Å². The fraction of sp³-hybridized carbons (Fsp3) is 0.447. The van der Waals surface area contributed by atoms with Crippen LogP contribution >= 0.6 is 0 Å². The van der Waals surface area contributed by atoms with E-state index < -0.39 is 95.1 Å². The number of hydrogen-bond acceptors (Lipinski definition) is 12. The third-order valence-electron chi connectivity index (χ3n) is 9.36.